The van der Waals surface area contributed by atoms with E-state index in [0.717, 1.165) is 52.3 Å². The third-order valence-corrected chi connectivity index (χ3v) is 7.61. The summed E-state index contributed by atoms with van der Waals surface area (Å²) in [6.45, 7) is 2.79. The molecular formula is C22H23N5OS2. The van der Waals surface area contributed by atoms with Crippen LogP contribution in [0.15, 0.2) is 35.7 Å². The summed E-state index contributed by atoms with van der Waals surface area (Å²) < 4.78 is 1.13. The maximum atomic E-state index is 12.3. The molecule has 1 aliphatic carbocycles. The molecule has 1 aliphatic heterocycles. The minimum Gasteiger partial charge on any atom is -0.360 e. The summed E-state index contributed by atoms with van der Waals surface area (Å²) in [5.41, 5.74) is 2.71. The van der Waals surface area contributed by atoms with Crippen molar-refractivity contribution in [2.24, 2.45) is 0 Å². The van der Waals surface area contributed by atoms with Crippen LogP contribution in [0.1, 0.15) is 31.4 Å². The van der Waals surface area contributed by atoms with Crippen molar-refractivity contribution in [3.8, 4) is 10.6 Å². The van der Waals surface area contributed by atoms with E-state index in [0.29, 0.717) is 23.4 Å². The van der Waals surface area contributed by atoms with Crippen molar-refractivity contribution in [3.05, 3.63) is 41.4 Å². The number of aryl methyl sites for hydroxylation is 1. The monoisotopic (exact) mass is 437 g/mol. The molecule has 1 saturated carbocycles. The lowest BCUT2D eigenvalue weighted by Crippen LogP contribution is -2.25. The van der Waals surface area contributed by atoms with Crippen molar-refractivity contribution in [1.82, 2.24) is 15.0 Å². The number of para-hydroxylation sites is 1. The van der Waals surface area contributed by atoms with Crippen molar-refractivity contribution in [2.45, 2.75) is 43.9 Å². The molecule has 3 heterocycles. The standard InChI is InChI=1S/C22H23N5OS2/c1-13-19(21-26-16-7-2-3-10-18(16)30-21)20(25-15-8-4-9-17(15)28)27-22(24-13)23-12-14-6-5-11-29-14/h2-3,5,7,10-11,14-15H,4,6,8-9,12H2,1H3,(H2,23,24,25,27)/t14?,15-/m1/s1. The third-order valence-electron chi connectivity index (χ3n) is 5.47. The molecule has 2 aliphatic rings. The fourth-order valence-corrected chi connectivity index (χ4v) is 5.80. The van der Waals surface area contributed by atoms with Crippen molar-refractivity contribution in [1.29, 1.82) is 0 Å². The van der Waals surface area contributed by atoms with Crippen LogP contribution >= 0.6 is 23.1 Å². The molecule has 0 radical (unpaired) electrons. The van der Waals surface area contributed by atoms with Gasteiger partial charge in [0.1, 0.15) is 10.8 Å². The van der Waals surface area contributed by atoms with Crippen LogP contribution in [-0.2, 0) is 4.79 Å². The number of anilines is 2. The number of allylic oxidation sites excluding steroid dienone is 1. The molecule has 0 bridgehead atoms. The van der Waals surface area contributed by atoms with Crippen LogP contribution in [0.5, 0.6) is 0 Å². The number of hydrogen-bond donors (Lipinski definition) is 2. The normalized spacial score (nSPS) is 20.9. The van der Waals surface area contributed by atoms with Gasteiger partial charge in [0.15, 0.2) is 5.78 Å². The predicted octanol–water partition coefficient (Wildman–Crippen LogP) is 5.03. The summed E-state index contributed by atoms with van der Waals surface area (Å²) in [6, 6.07) is 7.92. The summed E-state index contributed by atoms with van der Waals surface area (Å²) in [7, 11) is 0. The van der Waals surface area contributed by atoms with Crippen LogP contribution in [0.2, 0.25) is 0 Å². The van der Waals surface area contributed by atoms with Crippen LogP contribution < -0.4 is 10.6 Å². The Labute approximate surface area is 183 Å². The van der Waals surface area contributed by atoms with E-state index in [1.54, 1.807) is 11.3 Å². The molecule has 5 rings (SSSR count). The van der Waals surface area contributed by atoms with Gasteiger partial charge in [-0.15, -0.1) is 23.1 Å². The number of nitrogens with one attached hydrogen (secondary N) is 2. The minimum absolute atomic E-state index is 0.185. The van der Waals surface area contributed by atoms with Gasteiger partial charge in [-0.2, -0.15) is 4.98 Å². The molecule has 8 heteroatoms. The maximum absolute atomic E-state index is 12.3. The number of hydrogen-bond acceptors (Lipinski definition) is 8. The number of thioether (sulfide) groups is 1. The molecule has 2 N–H and O–H groups in total. The molecule has 1 unspecified atom stereocenters. The Morgan fingerprint density at radius 2 is 2.10 bits per heavy atom. The molecule has 0 amide bonds. The number of carbonyl (C=O) groups excluding carboxylic acids is 1. The average molecular weight is 438 g/mol. The van der Waals surface area contributed by atoms with Gasteiger partial charge in [0, 0.05) is 18.2 Å². The molecule has 2 atom stereocenters. The van der Waals surface area contributed by atoms with Crippen molar-refractivity contribution in [3.63, 3.8) is 0 Å². The Balaban J connectivity index is 1.50. The van der Waals surface area contributed by atoms with Crippen LogP contribution in [0, 0.1) is 6.92 Å². The Morgan fingerprint density at radius 3 is 2.87 bits per heavy atom. The quantitative estimate of drug-likeness (QED) is 0.560. The van der Waals surface area contributed by atoms with Crippen LogP contribution in [0.3, 0.4) is 0 Å². The number of benzene rings is 1. The Kier molecular flexibility index (Phi) is 5.43. The average Bonchev–Trinajstić information content (AvgIpc) is 3.48. The van der Waals surface area contributed by atoms with Gasteiger partial charge in [-0.05, 0) is 43.7 Å². The second kappa shape index (κ2) is 8.35. The lowest BCUT2D eigenvalue weighted by atomic mass is 10.2. The molecule has 1 fully saturated rings. The summed E-state index contributed by atoms with van der Waals surface area (Å²) in [6.07, 6.45) is 5.65. The molecule has 154 valence electrons. The van der Waals surface area contributed by atoms with E-state index in [-0.39, 0.29) is 11.8 Å². The molecule has 3 aromatic rings. The summed E-state index contributed by atoms with van der Waals surface area (Å²) in [4.78, 5) is 26.6. The number of aromatic nitrogens is 3. The Bertz CT molecular complexity index is 1080. The maximum Gasteiger partial charge on any atom is 0.224 e. The van der Waals surface area contributed by atoms with E-state index >= 15 is 0 Å². The first-order valence-corrected chi connectivity index (χ1v) is 12.0. The summed E-state index contributed by atoms with van der Waals surface area (Å²) in [5.74, 6) is 1.55. The molecule has 30 heavy (non-hydrogen) atoms. The number of ketones is 1. The fraction of sp³-hybridized carbons (Fsp3) is 0.364. The predicted molar refractivity (Wildman–Crippen MR) is 125 cm³/mol. The first-order chi connectivity index (χ1) is 14.7. The molecular weight excluding hydrogens is 414 g/mol. The first-order valence-electron chi connectivity index (χ1n) is 10.3. The van der Waals surface area contributed by atoms with Crippen LogP contribution in [-0.4, -0.2) is 38.6 Å². The van der Waals surface area contributed by atoms with E-state index in [4.69, 9.17) is 15.0 Å². The molecule has 6 nitrogen and oxygen atoms in total. The number of nitrogens with zero attached hydrogens (tertiary/aromatic N) is 3. The topological polar surface area (TPSA) is 79.8 Å². The van der Waals surface area contributed by atoms with Gasteiger partial charge >= 0.3 is 0 Å². The Hall–Kier alpha value is -2.45. The lowest BCUT2D eigenvalue weighted by molar-refractivity contribution is -0.118. The smallest absolute Gasteiger partial charge is 0.224 e. The van der Waals surface area contributed by atoms with Crippen molar-refractivity contribution < 1.29 is 4.79 Å². The number of Topliss-reactive ketones (excluding diaryl/α,β-unsaturated/α-hetero) is 1. The van der Waals surface area contributed by atoms with Gasteiger partial charge in [0.2, 0.25) is 5.95 Å². The highest BCUT2D eigenvalue weighted by atomic mass is 32.2. The summed E-state index contributed by atoms with van der Waals surface area (Å²) in [5, 5.41) is 10.3. The number of carbonyl (C=O) groups is 1. The van der Waals surface area contributed by atoms with E-state index in [2.05, 4.69) is 28.2 Å². The molecule has 0 saturated heterocycles. The summed E-state index contributed by atoms with van der Waals surface area (Å²) >= 11 is 3.46. The van der Waals surface area contributed by atoms with Gasteiger partial charge in [-0.1, -0.05) is 18.2 Å². The van der Waals surface area contributed by atoms with Crippen LogP contribution in [0.4, 0.5) is 11.8 Å². The van der Waals surface area contributed by atoms with Gasteiger partial charge in [0.25, 0.3) is 0 Å². The largest absolute Gasteiger partial charge is 0.360 e. The van der Waals surface area contributed by atoms with E-state index in [1.165, 1.54) is 0 Å². The van der Waals surface area contributed by atoms with Crippen molar-refractivity contribution >= 4 is 50.9 Å². The number of fused-ring (bicyclic) bond motifs is 1. The van der Waals surface area contributed by atoms with E-state index in [9.17, 15) is 4.79 Å². The second-order valence-corrected chi connectivity index (χ2v) is 9.89. The number of thiazole rings is 1. The Morgan fingerprint density at radius 1 is 1.20 bits per heavy atom. The molecule has 2 aromatic heterocycles. The highest BCUT2D eigenvalue weighted by Gasteiger charge is 2.27. The van der Waals surface area contributed by atoms with Gasteiger partial charge in [-0.3, -0.25) is 4.79 Å². The molecule has 1 aromatic carbocycles. The lowest BCUT2D eigenvalue weighted by Gasteiger charge is -2.18. The van der Waals surface area contributed by atoms with E-state index in [1.807, 2.05) is 36.9 Å². The minimum atomic E-state index is -0.185. The highest BCUT2D eigenvalue weighted by Crippen LogP contribution is 2.37. The molecule has 0 spiro atoms. The number of rotatable bonds is 6. The van der Waals surface area contributed by atoms with Gasteiger partial charge in [-0.25, -0.2) is 9.97 Å². The zero-order valence-electron chi connectivity index (χ0n) is 16.7. The SMILES string of the molecule is Cc1nc(NCC2CC=CS2)nc(N[C@@H]2CCCC2=O)c1-c1nc2ccccc2s1. The van der Waals surface area contributed by atoms with Crippen LogP contribution in [0.25, 0.3) is 20.8 Å². The van der Waals surface area contributed by atoms with E-state index < -0.39 is 0 Å². The third kappa shape index (κ3) is 3.94. The van der Waals surface area contributed by atoms with Gasteiger partial charge < -0.3 is 10.6 Å². The van der Waals surface area contributed by atoms with Crippen molar-refractivity contribution in [2.75, 3.05) is 17.2 Å². The van der Waals surface area contributed by atoms with Gasteiger partial charge in [0.05, 0.1) is 27.5 Å². The zero-order valence-corrected chi connectivity index (χ0v) is 18.4. The fourth-order valence-electron chi connectivity index (χ4n) is 3.89. The first kappa shape index (κ1) is 19.5. The highest BCUT2D eigenvalue weighted by molar-refractivity contribution is 8.03. The second-order valence-electron chi connectivity index (χ2n) is 7.64. The zero-order chi connectivity index (χ0) is 20.5.